The van der Waals surface area contributed by atoms with E-state index in [1.807, 2.05) is 0 Å². The van der Waals surface area contributed by atoms with Crippen LogP contribution in [-0.2, 0) is 0 Å². The molecular weight excluding hydrogens is 252 g/mol. The summed E-state index contributed by atoms with van der Waals surface area (Å²) in [7, 11) is 0. The summed E-state index contributed by atoms with van der Waals surface area (Å²) >= 11 is 2.09. The van der Waals surface area contributed by atoms with Gasteiger partial charge in [0.15, 0.2) is 0 Å². The van der Waals surface area contributed by atoms with Crippen LogP contribution in [0.25, 0.3) is 0 Å². The molecular formula is C16H26N2S. The van der Waals surface area contributed by atoms with Gasteiger partial charge in [0.05, 0.1) is 0 Å². The fourth-order valence-corrected chi connectivity index (χ4v) is 3.58. The summed E-state index contributed by atoms with van der Waals surface area (Å²) in [6, 6.07) is 8.76. The highest BCUT2D eigenvalue weighted by molar-refractivity contribution is 8.00. The van der Waals surface area contributed by atoms with Crippen LogP contribution in [-0.4, -0.2) is 35.0 Å². The van der Waals surface area contributed by atoms with Crippen LogP contribution in [0, 0.1) is 6.92 Å². The van der Waals surface area contributed by atoms with Crippen LogP contribution in [0.3, 0.4) is 0 Å². The molecule has 0 bridgehead atoms. The Morgan fingerprint density at radius 2 is 1.95 bits per heavy atom. The highest BCUT2D eigenvalue weighted by Crippen LogP contribution is 2.31. The summed E-state index contributed by atoms with van der Waals surface area (Å²) < 4.78 is 0.419. The smallest absolute Gasteiger partial charge is 0.0424 e. The minimum absolute atomic E-state index is 0.131. The fourth-order valence-electron chi connectivity index (χ4n) is 2.44. The second kappa shape index (κ2) is 6.29. The Morgan fingerprint density at radius 1 is 1.26 bits per heavy atom. The van der Waals surface area contributed by atoms with E-state index in [0.717, 1.165) is 13.1 Å². The Bertz CT molecular complexity index is 400. The molecule has 1 saturated heterocycles. The second-order valence-electron chi connectivity index (χ2n) is 6.18. The molecule has 1 aromatic rings. The topological polar surface area (TPSA) is 29.3 Å². The molecule has 1 aromatic carbocycles. The third kappa shape index (κ3) is 4.51. The SMILES string of the molecule is Cc1ccc(C(N)CN2CCSC(C)(C)CC2)cc1. The first-order valence-corrected chi connectivity index (χ1v) is 8.13. The molecule has 3 heteroatoms. The molecule has 0 saturated carbocycles. The third-order valence-electron chi connectivity index (χ3n) is 3.89. The number of aryl methyl sites for hydroxylation is 1. The zero-order valence-corrected chi connectivity index (χ0v) is 13.2. The molecule has 1 aliphatic rings. The normalized spacial score (nSPS) is 21.9. The van der Waals surface area contributed by atoms with Crippen LogP contribution in [0.1, 0.15) is 37.4 Å². The largest absolute Gasteiger partial charge is 0.323 e. The first kappa shape index (κ1) is 14.9. The monoisotopic (exact) mass is 278 g/mol. The van der Waals surface area contributed by atoms with Crippen molar-refractivity contribution in [3.63, 3.8) is 0 Å². The number of nitrogens with two attached hydrogens (primary N) is 1. The van der Waals surface area contributed by atoms with Crippen molar-refractivity contribution in [2.45, 2.75) is 38.0 Å². The van der Waals surface area contributed by atoms with Crippen LogP contribution in [0.15, 0.2) is 24.3 Å². The zero-order valence-electron chi connectivity index (χ0n) is 12.4. The van der Waals surface area contributed by atoms with Gasteiger partial charge in [0.25, 0.3) is 0 Å². The third-order valence-corrected chi connectivity index (χ3v) is 5.26. The van der Waals surface area contributed by atoms with Crippen molar-refractivity contribution in [2.24, 2.45) is 5.73 Å². The first-order chi connectivity index (χ1) is 8.96. The average Bonchev–Trinajstić information content (AvgIpc) is 2.52. The van der Waals surface area contributed by atoms with Crippen molar-refractivity contribution in [3.05, 3.63) is 35.4 Å². The summed E-state index contributed by atoms with van der Waals surface area (Å²) in [4.78, 5) is 2.52. The Morgan fingerprint density at radius 3 is 2.63 bits per heavy atom. The maximum atomic E-state index is 6.35. The molecule has 1 atom stereocenters. The lowest BCUT2D eigenvalue weighted by molar-refractivity contribution is 0.267. The van der Waals surface area contributed by atoms with E-state index in [9.17, 15) is 0 Å². The summed E-state index contributed by atoms with van der Waals surface area (Å²) in [6.45, 7) is 10.1. The maximum Gasteiger partial charge on any atom is 0.0424 e. The highest BCUT2D eigenvalue weighted by atomic mass is 32.2. The van der Waals surface area contributed by atoms with E-state index in [-0.39, 0.29) is 6.04 Å². The van der Waals surface area contributed by atoms with Crippen molar-refractivity contribution in [1.82, 2.24) is 4.90 Å². The Kier molecular flexibility index (Phi) is 4.93. The highest BCUT2D eigenvalue weighted by Gasteiger charge is 2.24. The van der Waals surface area contributed by atoms with Crippen LogP contribution in [0.2, 0.25) is 0 Å². The molecule has 0 radical (unpaired) electrons. The lowest BCUT2D eigenvalue weighted by atomic mass is 10.0. The van der Waals surface area contributed by atoms with E-state index in [4.69, 9.17) is 5.73 Å². The van der Waals surface area contributed by atoms with Gasteiger partial charge in [0, 0.05) is 29.6 Å². The van der Waals surface area contributed by atoms with Gasteiger partial charge in [-0.3, -0.25) is 0 Å². The van der Waals surface area contributed by atoms with Crippen molar-refractivity contribution in [2.75, 3.05) is 25.4 Å². The molecule has 2 nitrogen and oxygen atoms in total. The lowest BCUT2D eigenvalue weighted by Gasteiger charge is -2.25. The maximum absolute atomic E-state index is 6.35. The van der Waals surface area contributed by atoms with E-state index in [0.29, 0.717) is 4.75 Å². The molecule has 2 rings (SSSR count). The molecule has 106 valence electrons. The van der Waals surface area contributed by atoms with Gasteiger partial charge in [-0.25, -0.2) is 0 Å². The number of thioether (sulfide) groups is 1. The number of benzene rings is 1. The Labute approximate surface area is 121 Å². The van der Waals surface area contributed by atoms with Gasteiger partial charge in [-0.15, -0.1) is 0 Å². The predicted molar refractivity (Wildman–Crippen MR) is 85.7 cm³/mol. The first-order valence-electron chi connectivity index (χ1n) is 7.15. The summed E-state index contributed by atoms with van der Waals surface area (Å²) in [5, 5.41) is 0. The van der Waals surface area contributed by atoms with Crippen molar-refractivity contribution in [1.29, 1.82) is 0 Å². The van der Waals surface area contributed by atoms with Gasteiger partial charge >= 0.3 is 0 Å². The second-order valence-corrected chi connectivity index (χ2v) is 7.98. The minimum Gasteiger partial charge on any atom is -0.323 e. The summed E-state index contributed by atoms with van der Waals surface area (Å²) in [5.74, 6) is 1.22. The zero-order chi connectivity index (χ0) is 13.9. The Hall–Kier alpha value is -0.510. The van der Waals surface area contributed by atoms with Crippen LogP contribution in [0.4, 0.5) is 0 Å². The molecule has 0 aliphatic carbocycles. The van der Waals surface area contributed by atoms with Crippen molar-refractivity contribution < 1.29 is 0 Å². The quantitative estimate of drug-likeness (QED) is 0.920. The predicted octanol–water partition coefficient (Wildman–Crippen LogP) is 3.21. The van der Waals surface area contributed by atoms with Crippen LogP contribution >= 0.6 is 11.8 Å². The molecule has 1 unspecified atom stereocenters. The number of rotatable bonds is 3. The van der Waals surface area contributed by atoms with Gasteiger partial charge in [-0.2, -0.15) is 11.8 Å². The average molecular weight is 278 g/mol. The molecule has 0 aromatic heterocycles. The van der Waals surface area contributed by atoms with E-state index >= 15 is 0 Å². The van der Waals surface area contributed by atoms with E-state index in [2.05, 4.69) is 61.7 Å². The molecule has 2 N–H and O–H groups in total. The van der Waals surface area contributed by atoms with Gasteiger partial charge in [-0.1, -0.05) is 43.7 Å². The van der Waals surface area contributed by atoms with Gasteiger partial charge < -0.3 is 10.6 Å². The van der Waals surface area contributed by atoms with Crippen LogP contribution < -0.4 is 5.73 Å². The van der Waals surface area contributed by atoms with Crippen molar-refractivity contribution >= 4 is 11.8 Å². The van der Waals surface area contributed by atoms with Gasteiger partial charge in [0.1, 0.15) is 0 Å². The summed E-state index contributed by atoms with van der Waals surface area (Å²) in [6.07, 6.45) is 1.25. The molecule has 1 fully saturated rings. The lowest BCUT2D eigenvalue weighted by Crippen LogP contribution is -2.34. The fraction of sp³-hybridized carbons (Fsp3) is 0.625. The molecule has 1 aliphatic heterocycles. The van der Waals surface area contributed by atoms with E-state index in [1.54, 1.807) is 0 Å². The van der Waals surface area contributed by atoms with E-state index in [1.165, 1.54) is 29.8 Å². The van der Waals surface area contributed by atoms with Crippen molar-refractivity contribution in [3.8, 4) is 0 Å². The number of hydrogen-bond donors (Lipinski definition) is 1. The van der Waals surface area contributed by atoms with Crippen LogP contribution in [0.5, 0.6) is 0 Å². The molecule has 1 heterocycles. The summed E-state index contributed by atoms with van der Waals surface area (Å²) in [5.41, 5.74) is 8.89. The van der Waals surface area contributed by atoms with E-state index < -0.39 is 0 Å². The number of hydrogen-bond acceptors (Lipinski definition) is 3. The minimum atomic E-state index is 0.131. The molecule has 0 spiro atoms. The molecule has 0 amide bonds. The Balaban J connectivity index is 1.91. The van der Waals surface area contributed by atoms with Gasteiger partial charge in [-0.05, 0) is 25.5 Å². The number of nitrogens with zero attached hydrogens (tertiary/aromatic N) is 1. The van der Waals surface area contributed by atoms with Gasteiger partial charge in [0.2, 0.25) is 0 Å². The standard InChI is InChI=1S/C16H26N2S/c1-13-4-6-14(7-5-13)15(17)12-18-9-8-16(2,3)19-11-10-18/h4-7,15H,8-12,17H2,1-3H3. The molecule has 19 heavy (non-hydrogen) atoms.